The van der Waals surface area contributed by atoms with E-state index in [9.17, 15) is 14.9 Å². The molecular weight excluding hydrogens is 280 g/mol. The molecule has 0 aliphatic carbocycles. The summed E-state index contributed by atoms with van der Waals surface area (Å²) in [7, 11) is 1.46. The zero-order valence-corrected chi connectivity index (χ0v) is 10.8. The van der Waals surface area contributed by atoms with Gasteiger partial charge in [-0.15, -0.1) is 0 Å². The van der Waals surface area contributed by atoms with Crippen molar-refractivity contribution in [3.63, 3.8) is 0 Å². The molecule has 0 spiro atoms. The van der Waals surface area contributed by atoms with Crippen molar-refractivity contribution in [1.82, 2.24) is 4.98 Å². The van der Waals surface area contributed by atoms with Crippen LogP contribution in [0.3, 0.4) is 0 Å². The van der Waals surface area contributed by atoms with E-state index in [1.54, 1.807) is 18.2 Å². The van der Waals surface area contributed by atoms with Crippen LogP contribution in [-0.2, 0) is 0 Å². The lowest BCUT2D eigenvalue weighted by Gasteiger charge is -2.07. The van der Waals surface area contributed by atoms with Crippen molar-refractivity contribution in [3.8, 4) is 17.4 Å². The first-order chi connectivity index (χ1) is 10.0. The molecule has 0 aliphatic heterocycles. The Morgan fingerprint density at radius 1 is 1.29 bits per heavy atom. The fraction of sp³-hybridized carbons (Fsp3) is 0.0769. The topological polar surface area (TPSA) is 112 Å². The number of ether oxygens (including phenoxy) is 2. The van der Waals surface area contributed by atoms with Crippen molar-refractivity contribution in [3.05, 3.63) is 52.2 Å². The predicted octanol–water partition coefficient (Wildman–Crippen LogP) is 2.49. The van der Waals surface area contributed by atoms with Crippen molar-refractivity contribution in [1.29, 1.82) is 0 Å². The highest BCUT2D eigenvalue weighted by molar-refractivity contribution is 5.85. The van der Waals surface area contributed by atoms with Gasteiger partial charge in [-0.1, -0.05) is 6.07 Å². The average Bonchev–Trinajstić information content (AvgIpc) is 2.47. The fourth-order valence-electron chi connectivity index (χ4n) is 1.54. The number of nitro groups is 1. The van der Waals surface area contributed by atoms with E-state index >= 15 is 0 Å². The van der Waals surface area contributed by atoms with Gasteiger partial charge >= 0.3 is 11.7 Å². The second-order valence-corrected chi connectivity index (χ2v) is 3.86. The molecule has 0 unspecified atom stereocenters. The molecule has 1 aromatic heterocycles. The number of pyridine rings is 1. The Labute approximate surface area is 118 Å². The summed E-state index contributed by atoms with van der Waals surface area (Å²) in [6.07, 6.45) is 0. The summed E-state index contributed by atoms with van der Waals surface area (Å²) in [6, 6.07) is 8.41. The maximum atomic E-state index is 10.9. The number of rotatable bonds is 5. The van der Waals surface area contributed by atoms with Crippen molar-refractivity contribution < 1.29 is 24.3 Å². The van der Waals surface area contributed by atoms with E-state index in [-0.39, 0.29) is 11.4 Å². The lowest BCUT2D eigenvalue weighted by Crippen LogP contribution is -2.03. The van der Waals surface area contributed by atoms with E-state index in [0.29, 0.717) is 5.75 Å². The van der Waals surface area contributed by atoms with E-state index in [1.807, 2.05) is 0 Å². The number of nitrogens with zero attached hydrogens (tertiary/aromatic N) is 2. The average molecular weight is 290 g/mol. The molecule has 8 nitrogen and oxygen atoms in total. The quantitative estimate of drug-likeness (QED) is 0.664. The van der Waals surface area contributed by atoms with Gasteiger partial charge in [-0.25, -0.2) is 4.79 Å². The third-order valence-corrected chi connectivity index (χ3v) is 2.51. The first-order valence-corrected chi connectivity index (χ1v) is 5.72. The van der Waals surface area contributed by atoms with Crippen LogP contribution in [0.15, 0.2) is 36.4 Å². The van der Waals surface area contributed by atoms with E-state index in [0.717, 1.165) is 12.1 Å². The molecule has 0 radical (unpaired) electrons. The molecule has 1 aromatic carbocycles. The minimum atomic E-state index is -1.31. The van der Waals surface area contributed by atoms with Gasteiger partial charge in [0.1, 0.15) is 11.5 Å². The Bertz CT molecular complexity index is 701. The molecule has 8 heteroatoms. The third kappa shape index (κ3) is 3.24. The van der Waals surface area contributed by atoms with Crippen LogP contribution in [0.5, 0.6) is 17.4 Å². The molecule has 0 amide bonds. The van der Waals surface area contributed by atoms with Crippen LogP contribution in [0.2, 0.25) is 0 Å². The lowest BCUT2D eigenvalue weighted by atomic mass is 10.3. The van der Waals surface area contributed by atoms with Crippen molar-refractivity contribution in [2.24, 2.45) is 0 Å². The van der Waals surface area contributed by atoms with Crippen LogP contribution in [0, 0.1) is 10.1 Å². The van der Waals surface area contributed by atoms with Gasteiger partial charge in [-0.05, 0) is 18.2 Å². The molecule has 0 bridgehead atoms. The number of hydrogen-bond donors (Lipinski definition) is 1. The molecule has 1 N–H and O–H groups in total. The lowest BCUT2D eigenvalue weighted by molar-refractivity contribution is -0.386. The maximum Gasteiger partial charge on any atom is 0.354 e. The SMILES string of the molecule is COc1cccc(Oc2nc(C(=O)O)ccc2[N+](=O)[O-])c1. The number of aromatic carboxylic acids is 1. The number of carboxylic acids is 1. The molecule has 2 rings (SSSR count). The molecule has 0 aliphatic rings. The second kappa shape index (κ2) is 5.87. The van der Waals surface area contributed by atoms with E-state index in [1.165, 1.54) is 13.2 Å². The highest BCUT2D eigenvalue weighted by Gasteiger charge is 2.20. The van der Waals surface area contributed by atoms with Gasteiger partial charge in [0, 0.05) is 12.1 Å². The number of aromatic nitrogens is 1. The van der Waals surface area contributed by atoms with Gasteiger partial charge in [0.05, 0.1) is 12.0 Å². The van der Waals surface area contributed by atoms with Gasteiger partial charge in [-0.2, -0.15) is 4.98 Å². The minimum Gasteiger partial charge on any atom is -0.497 e. The first-order valence-electron chi connectivity index (χ1n) is 5.72. The molecule has 0 saturated heterocycles. The van der Waals surface area contributed by atoms with Crippen LogP contribution in [0.1, 0.15) is 10.5 Å². The summed E-state index contributed by atoms with van der Waals surface area (Å²) in [5.41, 5.74) is -0.777. The Balaban J connectivity index is 2.42. The van der Waals surface area contributed by atoms with Crippen LogP contribution < -0.4 is 9.47 Å². The summed E-state index contributed by atoms with van der Waals surface area (Å²) >= 11 is 0. The zero-order valence-electron chi connectivity index (χ0n) is 10.8. The second-order valence-electron chi connectivity index (χ2n) is 3.86. The molecule has 21 heavy (non-hydrogen) atoms. The normalized spacial score (nSPS) is 9.95. The van der Waals surface area contributed by atoms with E-state index in [4.69, 9.17) is 14.6 Å². The number of benzene rings is 1. The van der Waals surface area contributed by atoms with E-state index in [2.05, 4.69) is 4.98 Å². The van der Waals surface area contributed by atoms with Crippen molar-refractivity contribution in [2.75, 3.05) is 7.11 Å². The Hall–Kier alpha value is -3.16. The van der Waals surface area contributed by atoms with Crippen molar-refractivity contribution >= 4 is 11.7 Å². The van der Waals surface area contributed by atoms with Gasteiger partial charge < -0.3 is 14.6 Å². The monoisotopic (exact) mass is 290 g/mol. The van der Waals surface area contributed by atoms with Crippen LogP contribution in [-0.4, -0.2) is 28.1 Å². The molecule has 0 atom stereocenters. The standard InChI is InChI=1S/C13H10N2O6/c1-20-8-3-2-4-9(7-8)21-12-11(15(18)19)6-5-10(14-12)13(16)17/h2-7H,1H3,(H,16,17). The zero-order chi connectivity index (χ0) is 15.4. The van der Waals surface area contributed by atoms with Gasteiger partial charge in [0.15, 0.2) is 5.69 Å². The predicted molar refractivity (Wildman–Crippen MR) is 70.9 cm³/mol. The highest BCUT2D eigenvalue weighted by Crippen LogP contribution is 2.30. The minimum absolute atomic E-state index is 0.243. The summed E-state index contributed by atoms with van der Waals surface area (Å²) in [6.45, 7) is 0. The summed E-state index contributed by atoms with van der Waals surface area (Å²) < 4.78 is 10.3. The fourth-order valence-corrected chi connectivity index (χ4v) is 1.54. The van der Waals surface area contributed by atoms with Crippen molar-refractivity contribution in [2.45, 2.75) is 0 Å². The van der Waals surface area contributed by atoms with E-state index < -0.39 is 22.5 Å². The van der Waals surface area contributed by atoms with Gasteiger partial charge in [0.2, 0.25) is 0 Å². The summed E-state index contributed by atoms with van der Waals surface area (Å²) in [5, 5.41) is 19.8. The van der Waals surface area contributed by atoms with Crippen LogP contribution in [0.4, 0.5) is 5.69 Å². The number of carboxylic acid groups (broad SMARTS) is 1. The third-order valence-electron chi connectivity index (χ3n) is 2.51. The number of carbonyl (C=O) groups is 1. The largest absolute Gasteiger partial charge is 0.497 e. The van der Waals surface area contributed by atoms with Gasteiger partial charge in [-0.3, -0.25) is 10.1 Å². The molecular formula is C13H10N2O6. The first kappa shape index (κ1) is 14.3. The Morgan fingerprint density at radius 3 is 2.62 bits per heavy atom. The van der Waals surface area contributed by atoms with Crippen LogP contribution in [0.25, 0.3) is 0 Å². The summed E-state index contributed by atoms with van der Waals surface area (Å²) in [5.74, 6) is -0.967. The molecule has 2 aromatic rings. The maximum absolute atomic E-state index is 10.9. The highest BCUT2D eigenvalue weighted by atomic mass is 16.6. The molecule has 0 saturated carbocycles. The van der Waals surface area contributed by atoms with Gasteiger partial charge in [0.25, 0.3) is 5.88 Å². The Kier molecular flexibility index (Phi) is 3.98. The summed E-state index contributed by atoms with van der Waals surface area (Å²) in [4.78, 5) is 24.7. The number of hydrogen-bond acceptors (Lipinski definition) is 6. The Morgan fingerprint density at radius 2 is 2.00 bits per heavy atom. The molecule has 108 valence electrons. The number of methoxy groups -OCH3 is 1. The molecule has 1 heterocycles. The van der Waals surface area contributed by atoms with Crippen LogP contribution >= 0.6 is 0 Å². The molecule has 0 fully saturated rings. The smallest absolute Gasteiger partial charge is 0.354 e.